The summed E-state index contributed by atoms with van der Waals surface area (Å²) in [5, 5.41) is 0. The van der Waals surface area contributed by atoms with Gasteiger partial charge in [-0.2, -0.15) is 0 Å². The molecule has 1 saturated heterocycles. The molecule has 0 bridgehead atoms. The Morgan fingerprint density at radius 1 is 1.38 bits per heavy atom. The number of likely N-dealkylation sites (N-methyl/N-ethyl adjacent to an activating group) is 1. The number of piperidine rings is 1. The SMILES string of the molecule is CCN(C(=O)CN1CC(C)CC(N)C1)c1ccccc1C. The number of carbonyl (C=O) groups is 1. The molecule has 4 nitrogen and oxygen atoms in total. The molecule has 1 fully saturated rings. The number of benzene rings is 1. The van der Waals surface area contributed by atoms with Gasteiger partial charge in [-0.1, -0.05) is 25.1 Å². The van der Waals surface area contributed by atoms with Crippen molar-refractivity contribution in [1.29, 1.82) is 0 Å². The number of aryl methyl sites for hydroxylation is 1. The van der Waals surface area contributed by atoms with Crippen LogP contribution < -0.4 is 10.6 Å². The van der Waals surface area contributed by atoms with Crippen LogP contribution in [0, 0.1) is 12.8 Å². The average molecular weight is 289 g/mol. The fraction of sp³-hybridized carbons (Fsp3) is 0.588. The highest BCUT2D eigenvalue weighted by molar-refractivity contribution is 5.95. The second kappa shape index (κ2) is 7.05. The zero-order valence-corrected chi connectivity index (χ0v) is 13.4. The molecule has 21 heavy (non-hydrogen) atoms. The monoisotopic (exact) mass is 289 g/mol. The Kier molecular flexibility index (Phi) is 5.37. The Morgan fingerprint density at radius 2 is 2.10 bits per heavy atom. The van der Waals surface area contributed by atoms with E-state index >= 15 is 0 Å². The zero-order valence-electron chi connectivity index (χ0n) is 13.4. The molecule has 0 spiro atoms. The molecule has 1 aromatic rings. The molecular formula is C17H27N3O. The topological polar surface area (TPSA) is 49.6 Å². The van der Waals surface area contributed by atoms with Crippen molar-refractivity contribution in [1.82, 2.24) is 4.90 Å². The number of anilines is 1. The van der Waals surface area contributed by atoms with Gasteiger partial charge in [0.15, 0.2) is 0 Å². The summed E-state index contributed by atoms with van der Waals surface area (Å²) in [6.07, 6.45) is 1.06. The van der Waals surface area contributed by atoms with Crippen molar-refractivity contribution in [2.24, 2.45) is 11.7 Å². The van der Waals surface area contributed by atoms with Crippen LogP contribution in [0.2, 0.25) is 0 Å². The van der Waals surface area contributed by atoms with E-state index in [1.54, 1.807) is 0 Å². The summed E-state index contributed by atoms with van der Waals surface area (Å²) >= 11 is 0. The fourth-order valence-electron chi connectivity index (χ4n) is 3.27. The summed E-state index contributed by atoms with van der Waals surface area (Å²) in [4.78, 5) is 16.7. The normalized spacial score (nSPS) is 23.0. The van der Waals surface area contributed by atoms with Crippen molar-refractivity contribution < 1.29 is 4.79 Å². The predicted molar refractivity (Wildman–Crippen MR) is 87.4 cm³/mol. The van der Waals surface area contributed by atoms with E-state index in [-0.39, 0.29) is 11.9 Å². The van der Waals surface area contributed by atoms with E-state index in [2.05, 4.69) is 11.8 Å². The van der Waals surface area contributed by atoms with Crippen LogP contribution in [0.4, 0.5) is 5.69 Å². The van der Waals surface area contributed by atoms with Crippen LogP contribution in [0.25, 0.3) is 0 Å². The molecule has 116 valence electrons. The van der Waals surface area contributed by atoms with E-state index in [0.29, 0.717) is 19.0 Å². The van der Waals surface area contributed by atoms with E-state index in [1.165, 1.54) is 0 Å². The van der Waals surface area contributed by atoms with Crippen LogP contribution in [-0.4, -0.2) is 43.0 Å². The number of para-hydroxylation sites is 1. The van der Waals surface area contributed by atoms with Crippen molar-refractivity contribution in [3.05, 3.63) is 29.8 Å². The standard InChI is InChI=1S/C17H27N3O/c1-4-20(16-8-6-5-7-14(16)3)17(21)12-19-10-13(2)9-15(18)11-19/h5-8,13,15H,4,9-12,18H2,1-3H3. The Labute approximate surface area is 127 Å². The van der Waals surface area contributed by atoms with Gasteiger partial charge in [0.2, 0.25) is 5.91 Å². The molecule has 2 rings (SSSR count). The summed E-state index contributed by atoms with van der Waals surface area (Å²) < 4.78 is 0. The quantitative estimate of drug-likeness (QED) is 0.922. The zero-order chi connectivity index (χ0) is 15.4. The Bertz CT molecular complexity index is 479. The maximum absolute atomic E-state index is 12.7. The van der Waals surface area contributed by atoms with E-state index in [1.807, 2.05) is 43.0 Å². The van der Waals surface area contributed by atoms with Crippen LogP contribution in [0.3, 0.4) is 0 Å². The third-order valence-electron chi connectivity index (χ3n) is 4.15. The van der Waals surface area contributed by atoms with Gasteiger partial charge in [-0.15, -0.1) is 0 Å². The number of likely N-dealkylation sites (tertiary alicyclic amines) is 1. The molecular weight excluding hydrogens is 262 g/mol. The van der Waals surface area contributed by atoms with E-state index in [9.17, 15) is 4.79 Å². The molecule has 1 amide bonds. The molecule has 0 aromatic heterocycles. The largest absolute Gasteiger partial charge is 0.327 e. The van der Waals surface area contributed by atoms with Crippen molar-refractivity contribution in [3.63, 3.8) is 0 Å². The first-order valence-corrected chi connectivity index (χ1v) is 7.85. The lowest BCUT2D eigenvalue weighted by molar-refractivity contribution is -0.120. The third-order valence-corrected chi connectivity index (χ3v) is 4.15. The maximum atomic E-state index is 12.7. The molecule has 1 aliphatic heterocycles. The van der Waals surface area contributed by atoms with Crippen LogP contribution >= 0.6 is 0 Å². The van der Waals surface area contributed by atoms with Crippen molar-refractivity contribution >= 4 is 11.6 Å². The number of nitrogens with two attached hydrogens (primary N) is 1. The Balaban J connectivity index is 2.05. The number of nitrogens with zero attached hydrogens (tertiary/aromatic N) is 2. The van der Waals surface area contributed by atoms with Gasteiger partial charge in [0, 0.05) is 31.4 Å². The van der Waals surface area contributed by atoms with Crippen molar-refractivity contribution in [2.45, 2.75) is 33.2 Å². The number of carbonyl (C=O) groups excluding carboxylic acids is 1. The molecule has 4 heteroatoms. The van der Waals surface area contributed by atoms with Crippen LogP contribution in [0.15, 0.2) is 24.3 Å². The Hall–Kier alpha value is -1.39. The minimum absolute atomic E-state index is 0.160. The van der Waals surface area contributed by atoms with Gasteiger partial charge in [-0.05, 0) is 37.8 Å². The summed E-state index contributed by atoms with van der Waals surface area (Å²) in [5.74, 6) is 0.725. The number of rotatable bonds is 4. The minimum Gasteiger partial charge on any atom is -0.327 e. The average Bonchev–Trinajstić information content (AvgIpc) is 2.40. The van der Waals surface area contributed by atoms with Crippen LogP contribution in [0.5, 0.6) is 0 Å². The molecule has 0 saturated carbocycles. The highest BCUT2D eigenvalue weighted by Gasteiger charge is 2.25. The summed E-state index contributed by atoms with van der Waals surface area (Å²) in [5.41, 5.74) is 8.22. The third kappa shape index (κ3) is 4.05. The number of amides is 1. The van der Waals surface area contributed by atoms with Crippen molar-refractivity contribution in [3.8, 4) is 0 Å². The molecule has 2 N–H and O–H groups in total. The van der Waals surface area contributed by atoms with Gasteiger partial charge in [-0.25, -0.2) is 0 Å². The van der Waals surface area contributed by atoms with Gasteiger partial charge in [0.05, 0.1) is 6.54 Å². The summed E-state index contributed by atoms with van der Waals surface area (Å²) in [6, 6.07) is 8.24. The van der Waals surface area contributed by atoms with Gasteiger partial charge in [0.1, 0.15) is 0 Å². The molecule has 0 aliphatic carbocycles. The van der Waals surface area contributed by atoms with E-state index < -0.39 is 0 Å². The summed E-state index contributed by atoms with van der Waals surface area (Å²) in [7, 11) is 0. The molecule has 2 unspecified atom stereocenters. The molecule has 1 aromatic carbocycles. The lowest BCUT2D eigenvalue weighted by Crippen LogP contribution is -2.50. The second-order valence-electron chi connectivity index (χ2n) is 6.22. The Morgan fingerprint density at radius 3 is 2.71 bits per heavy atom. The van der Waals surface area contributed by atoms with Crippen molar-refractivity contribution in [2.75, 3.05) is 31.1 Å². The number of hydrogen-bond acceptors (Lipinski definition) is 3. The van der Waals surface area contributed by atoms with E-state index in [0.717, 1.165) is 30.8 Å². The molecule has 1 aliphatic rings. The number of hydrogen-bond donors (Lipinski definition) is 1. The lowest BCUT2D eigenvalue weighted by atomic mass is 9.96. The van der Waals surface area contributed by atoms with Gasteiger partial charge in [0.25, 0.3) is 0 Å². The smallest absolute Gasteiger partial charge is 0.241 e. The van der Waals surface area contributed by atoms with Crippen LogP contribution in [-0.2, 0) is 4.79 Å². The highest BCUT2D eigenvalue weighted by atomic mass is 16.2. The fourth-order valence-corrected chi connectivity index (χ4v) is 3.27. The first-order valence-electron chi connectivity index (χ1n) is 7.85. The second-order valence-corrected chi connectivity index (χ2v) is 6.22. The summed E-state index contributed by atoms with van der Waals surface area (Å²) in [6.45, 7) is 9.21. The molecule has 2 atom stereocenters. The van der Waals surface area contributed by atoms with Gasteiger partial charge >= 0.3 is 0 Å². The lowest BCUT2D eigenvalue weighted by Gasteiger charge is -2.35. The molecule has 1 heterocycles. The highest BCUT2D eigenvalue weighted by Crippen LogP contribution is 2.20. The minimum atomic E-state index is 0.160. The predicted octanol–water partition coefficient (Wildman–Crippen LogP) is 2.02. The van der Waals surface area contributed by atoms with Gasteiger partial charge < -0.3 is 10.6 Å². The maximum Gasteiger partial charge on any atom is 0.241 e. The first kappa shape index (κ1) is 16.0. The molecule has 0 radical (unpaired) electrons. The first-order chi connectivity index (χ1) is 10.0. The van der Waals surface area contributed by atoms with Gasteiger partial charge in [-0.3, -0.25) is 9.69 Å². The van der Waals surface area contributed by atoms with E-state index in [4.69, 9.17) is 5.73 Å². The van der Waals surface area contributed by atoms with Crippen LogP contribution in [0.1, 0.15) is 25.8 Å².